The van der Waals surface area contributed by atoms with Crippen molar-refractivity contribution >= 4 is 27.4 Å². The van der Waals surface area contributed by atoms with Crippen LogP contribution in [0, 0.1) is 6.92 Å². The monoisotopic (exact) mass is 362 g/mol. The number of hydrogen-bond donors (Lipinski definition) is 1. The number of aryl methyl sites for hydroxylation is 1. The molecule has 0 atom stereocenters. The molecule has 0 aliphatic rings. The molecule has 1 aromatic carbocycles. The van der Waals surface area contributed by atoms with Gasteiger partial charge in [0.15, 0.2) is 0 Å². The standard InChI is InChI=1S/C20H18N4OS/c1-14-10-17-18(23-13-24-20(17)26-14)22-11-16-8-5-9-21-19(16)25-12-15-6-3-2-4-7-15/h2-10,13H,11-12H2,1H3,(H,22,23,24). The second-order valence-corrected chi connectivity index (χ2v) is 7.13. The molecule has 0 fully saturated rings. The summed E-state index contributed by atoms with van der Waals surface area (Å²) in [5.74, 6) is 1.47. The van der Waals surface area contributed by atoms with Gasteiger partial charge in [0.2, 0.25) is 5.88 Å². The Balaban J connectivity index is 1.49. The highest BCUT2D eigenvalue weighted by Gasteiger charge is 2.09. The molecule has 130 valence electrons. The van der Waals surface area contributed by atoms with Gasteiger partial charge in [0.25, 0.3) is 0 Å². The van der Waals surface area contributed by atoms with E-state index in [9.17, 15) is 0 Å². The molecule has 26 heavy (non-hydrogen) atoms. The van der Waals surface area contributed by atoms with Gasteiger partial charge in [-0.05, 0) is 24.6 Å². The maximum Gasteiger partial charge on any atom is 0.218 e. The van der Waals surface area contributed by atoms with E-state index in [1.165, 1.54) is 4.88 Å². The van der Waals surface area contributed by atoms with Crippen molar-refractivity contribution in [3.8, 4) is 5.88 Å². The lowest BCUT2D eigenvalue weighted by Crippen LogP contribution is -2.06. The van der Waals surface area contributed by atoms with Crippen LogP contribution in [-0.4, -0.2) is 15.0 Å². The fourth-order valence-electron chi connectivity index (χ4n) is 2.71. The maximum absolute atomic E-state index is 5.92. The Kier molecular flexibility index (Phi) is 4.75. The van der Waals surface area contributed by atoms with E-state index in [0.29, 0.717) is 19.0 Å². The van der Waals surface area contributed by atoms with Gasteiger partial charge in [-0.2, -0.15) is 0 Å². The summed E-state index contributed by atoms with van der Waals surface area (Å²) in [5.41, 5.74) is 2.10. The quantitative estimate of drug-likeness (QED) is 0.544. The molecule has 4 rings (SSSR count). The highest BCUT2D eigenvalue weighted by Crippen LogP contribution is 2.28. The average Bonchev–Trinajstić information content (AvgIpc) is 3.07. The van der Waals surface area contributed by atoms with Crippen molar-refractivity contribution in [3.63, 3.8) is 0 Å². The fraction of sp³-hybridized carbons (Fsp3) is 0.150. The number of anilines is 1. The van der Waals surface area contributed by atoms with Crippen LogP contribution in [0.15, 0.2) is 61.1 Å². The van der Waals surface area contributed by atoms with Crippen molar-refractivity contribution in [2.45, 2.75) is 20.1 Å². The molecule has 0 unspecified atom stereocenters. The normalized spacial score (nSPS) is 10.8. The number of ether oxygens (including phenoxy) is 1. The predicted octanol–water partition coefficient (Wildman–Crippen LogP) is 4.59. The number of benzene rings is 1. The van der Waals surface area contributed by atoms with Crippen LogP contribution in [0.3, 0.4) is 0 Å². The second kappa shape index (κ2) is 7.49. The SMILES string of the molecule is Cc1cc2c(NCc3cccnc3OCc3ccccc3)ncnc2s1. The lowest BCUT2D eigenvalue weighted by molar-refractivity contribution is 0.291. The van der Waals surface area contributed by atoms with Gasteiger partial charge in [-0.25, -0.2) is 15.0 Å². The molecular weight excluding hydrogens is 344 g/mol. The van der Waals surface area contributed by atoms with Gasteiger partial charge in [0, 0.05) is 23.2 Å². The first-order chi connectivity index (χ1) is 12.8. The molecule has 1 N–H and O–H groups in total. The van der Waals surface area contributed by atoms with Gasteiger partial charge in [0.1, 0.15) is 23.6 Å². The molecule has 3 heterocycles. The highest BCUT2D eigenvalue weighted by atomic mass is 32.1. The summed E-state index contributed by atoms with van der Waals surface area (Å²) in [5, 5.41) is 4.44. The number of nitrogens with zero attached hydrogens (tertiary/aromatic N) is 3. The Morgan fingerprint density at radius 2 is 1.92 bits per heavy atom. The third-order valence-electron chi connectivity index (χ3n) is 3.97. The van der Waals surface area contributed by atoms with Gasteiger partial charge in [-0.15, -0.1) is 11.3 Å². The minimum Gasteiger partial charge on any atom is -0.473 e. The topological polar surface area (TPSA) is 59.9 Å². The fourth-order valence-corrected chi connectivity index (χ4v) is 3.56. The average molecular weight is 362 g/mol. The van der Waals surface area contributed by atoms with Crippen molar-refractivity contribution < 1.29 is 4.74 Å². The Morgan fingerprint density at radius 3 is 2.81 bits per heavy atom. The van der Waals surface area contributed by atoms with Crippen LogP contribution in [0.4, 0.5) is 5.82 Å². The van der Waals surface area contributed by atoms with Gasteiger partial charge >= 0.3 is 0 Å². The van der Waals surface area contributed by atoms with Crippen LogP contribution >= 0.6 is 11.3 Å². The van der Waals surface area contributed by atoms with E-state index in [-0.39, 0.29) is 0 Å². The molecule has 0 aliphatic carbocycles. The van der Waals surface area contributed by atoms with Crippen molar-refractivity contribution in [1.29, 1.82) is 0 Å². The molecule has 0 aliphatic heterocycles. The Bertz CT molecular complexity index is 1020. The van der Waals surface area contributed by atoms with Crippen LogP contribution in [0.5, 0.6) is 5.88 Å². The number of hydrogen-bond acceptors (Lipinski definition) is 6. The van der Waals surface area contributed by atoms with E-state index in [0.717, 1.165) is 27.2 Å². The van der Waals surface area contributed by atoms with Gasteiger partial charge in [-0.3, -0.25) is 0 Å². The van der Waals surface area contributed by atoms with Crippen LogP contribution < -0.4 is 10.1 Å². The lowest BCUT2D eigenvalue weighted by atomic mass is 10.2. The van der Waals surface area contributed by atoms with Crippen LogP contribution in [-0.2, 0) is 13.2 Å². The van der Waals surface area contributed by atoms with Crippen molar-refractivity contribution in [1.82, 2.24) is 15.0 Å². The summed E-state index contributed by atoms with van der Waals surface area (Å²) in [6, 6.07) is 16.1. The van der Waals surface area contributed by atoms with Crippen molar-refractivity contribution in [3.05, 3.63) is 77.1 Å². The summed E-state index contributed by atoms with van der Waals surface area (Å²) in [4.78, 5) is 15.3. The molecule has 0 saturated carbocycles. The molecule has 0 amide bonds. The number of rotatable bonds is 6. The number of nitrogens with one attached hydrogen (secondary N) is 1. The minimum atomic E-state index is 0.492. The van der Waals surface area contributed by atoms with E-state index < -0.39 is 0 Å². The molecule has 0 radical (unpaired) electrons. The number of fused-ring (bicyclic) bond motifs is 1. The first-order valence-electron chi connectivity index (χ1n) is 8.35. The minimum absolute atomic E-state index is 0.492. The maximum atomic E-state index is 5.92. The van der Waals surface area contributed by atoms with E-state index in [1.807, 2.05) is 42.5 Å². The molecule has 0 bridgehead atoms. The third kappa shape index (κ3) is 3.65. The van der Waals surface area contributed by atoms with Gasteiger partial charge in [0.05, 0.1) is 5.39 Å². The van der Waals surface area contributed by atoms with Crippen LogP contribution in [0.2, 0.25) is 0 Å². The zero-order valence-corrected chi connectivity index (χ0v) is 15.2. The van der Waals surface area contributed by atoms with E-state index >= 15 is 0 Å². The Morgan fingerprint density at radius 1 is 1.04 bits per heavy atom. The predicted molar refractivity (Wildman–Crippen MR) is 104 cm³/mol. The molecule has 5 nitrogen and oxygen atoms in total. The number of pyridine rings is 1. The zero-order chi connectivity index (χ0) is 17.8. The summed E-state index contributed by atoms with van der Waals surface area (Å²) in [6.45, 7) is 3.15. The van der Waals surface area contributed by atoms with Crippen LogP contribution in [0.25, 0.3) is 10.2 Å². The summed E-state index contributed by atoms with van der Waals surface area (Å²) >= 11 is 1.67. The Hall–Kier alpha value is -2.99. The summed E-state index contributed by atoms with van der Waals surface area (Å²) in [6.07, 6.45) is 3.34. The first kappa shape index (κ1) is 16.5. The zero-order valence-electron chi connectivity index (χ0n) is 14.3. The van der Waals surface area contributed by atoms with Gasteiger partial charge < -0.3 is 10.1 Å². The molecule has 0 spiro atoms. The molecule has 3 aromatic heterocycles. The number of thiophene rings is 1. The van der Waals surface area contributed by atoms with Crippen LogP contribution in [0.1, 0.15) is 16.0 Å². The summed E-state index contributed by atoms with van der Waals surface area (Å²) < 4.78 is 5.92. The molecule has 0 saturated heterocycles. The highest BCUT2D eigenvalue weighted by molar-refractivity contribution is 7.18. The van der Waals surface area contributed by atoms with E-state index in [2.05, 4.69) is 33.3 Å². The molecular formula is C20H18N4OS. The largest absolute Gasteiger partial charge is 0.473 e. The van der Waals surface area contributed by atoms with Gasteiger partial charge in [-0.1, -0.05) is 36.4 Å². The van der Waals surface area contributed by atoms with Crippen molar-refractivity contribution in [2.24, 2.45) is 0 Å². The third-order valence-corrected chi connectivity index (χ3v) is 4.93. The lowest BCUT2D eigenvalue weighted by Gasteiger charge is -2.11. The second-order valence-electron chi connectivity index (χ2n) is 5.89. The number of aromatic nitrogens is 3. The molecule has 6 heteroatoms. The first-order valence-corrected chi connectivity index (χ1v) is 9.17. The van der Waals surface area contributed by atoms with E-state index in [4.69, 9.17) is 4.74 Å². The van der Waals surface area contributed by atoms with E-state index in [1.54, 1.807) is 23.9 Å². The Labute approximate surface area is 155 Å². The van der Waals surface area contributed by atoms with Crippen molar-refractivity contribution in [2.75, 3.05) is 5.32 Å². The molecule has 4 aromatic rings. The smallest absolute Gasteiger partial charge is 0.218 e. The summed E-state index contributed by atoms with van der Waals surface area (Å²) in [7, 11) is 0.